The van der Waals surface area contributed by atoms with E-state index >= 15 is 0 Å². The van der Waals surface area contributed by atoms with Crippen molar-refractivity contribution in [2.45, 2.75) is 110 Å². The SMILES string of the molecule is CC(=O)O[C@H]1C[C@@H](OC(C)=O)C(C)(C)[C@@H]2C[C@@H](O)C3(C)[C@H](CC[C@@]4(C)[C@H](c5ccoc5)C(=O)[C@@H]5OC534)[C@@]12C. The third kappa shape index (κ3) is 2.81. The number of carbonyl (C=O) groups is 3. The first-order chi connectivity index (χ1) is 17.7. The summed E-state index contributed by atoms with van der Waals surface area (Å²) in [4.78, 5) is 38.2. The summed E-state index contributed by atoms with van der Waals surface area (Å²) in [5, 5.41) is 12.1. The fourth-order valence-corrected chi connectivity index (χ4v) is 10.6. The number of esters is 2. The lowest BCUT2D eigenvalue weighted by molar-refractivity contribution is -0.287. The topological polar surface area (TPSA) is 116 Å². The highest BCUT2D eigenvalue weighted by atomic mass is 16.6. The molecule has 1 N–H and O–H groups in total. The molecule has 4 saturated carbocycles. The van der Waals surface area contributed by atoms with E-state index in [2.05, 4.69) is 34.6 Å². The molecule has 4 aliphatic carbocycles. The van der Waals surface area contributed by atoms with Gasteiger partial charge in [-0.15, -0.1) is 0 Å². The number of hydrogen-bond donors (Lipinski definition) is 1. The van der Waals surface area contributed by atoms with Gasteiger partial charge in [0.1, 0.15) is 23.9 Å². The van der Waals surface area contributed by atoms with Crippen molar-refractivity contribution < 1.29 is 38.1 Å². The summed E-state index contributed by atoms with van der Waals surface area (Å²) in [6.45, 7) is 13.4. The molecule has 8 heteroatoms. The van der Waals surface area contributed by atoms with Crippen LogP contribution in [0.2, 0.25) is 0 Å². The minimum absolute atomic E-state index is 0.0608. The molecule has 208 valence electrons. The lowest BCUT2D eigenvalue weighted by Gasteiger charge is -2.70. The van der Waals surface area contributed by atoms with E-state index in [1.807, 2.05) is 6.07 Å². The van der Waals surface area contributed by atoms with Crippen LogP contribution < -0.4 is 0 Å². The number of epoxide rings is 1. The van der Waals surface area contributed by atoms with Gasteiger partial charge in [-0.1, -0.05) is 34.6 Å². The smallest absolute Gasteiger partial charge is 0.302 e. The number of carbonyl (C=O) groups excluding carboxylic acids is 3. The number of Topliss-reactive ketones (excluding diaryl/α,β-unsaturated/α-hetero) is 1. The first-order valence-corrected chi connectivity index (χ1v) is 13.9. The number of fused-ring (bicyclic) bond motifs is 3. The third-order valence-electron chi connectivity index (χ3n) is 12.1. The minimum atomic E-state index is -0.813. The predicted octanol–water partition coefficient (Wildman–Crippen LogP) is 4.19. The number of rotatable bonds is 3. The van der Waals surface area contributed by atoms with Crippen molar-refractivity contribution in [3.8, 4) is 0 Å². The number of hydrogen-bond acceptors (Lipinski definition) is 8. The van der Waals surface area contributed by atoms with E-state index in [1.54, 1.807) is 12.5 Å². The predicted molar refractivity (Wildman–Crippen MR) is 135 cm³/mol. The van der Waals surface area contributed by atoms with E-state index < -0.39 is 51.7 Å². The Morgan fingerprint density at radius 3 is 2.26 bits per heavy atom. The van der Waals surface area contributed by atoms with E-state index in [0.717, 1.165) is 18.4 Å². The summed E-state index contributed by atoms with van der Waals surface area (Å²) in [6, 6.07) is 1.87. The monoisotopic (exact) mass is 528 g/mol. The van der Waals surface area contributed by atoms with Gasteiger partial charge in [0.2, 0.25) is 0 Å². The Morgan fingerprint density at radius 1 is 1.00 bits per heavy atom. The van der Waals surface area contributed by atoms with Crippen molar-refractivity contribution in [3.63, 3.8) is 0 Å². The van der Waals surface area contributed by atoms with Crippen LogP contribution in [0.15, 0.2) is 23.0 Å². The number of ketones is 1. The average molecular weight is 529 g/mol. The average Bonchev–Trinajstić information content (AvgIpc) is 3.30. The van der Waals surface area contributed by atoms with E-state index in [9.17, 15) is 19.5 Å². The molecule has 1 saturated heterocycles. The van der Waals surface area contributed by atoms with E-state index in [0.29, 0.717) is 12.8 Å². The van der Waals surface area contributed by atoms with Crippen molar-refractivity contribution in [1.82, 2.24) is 0 Å². The second kappa shape index (κ2) is 7.72. The molecule has 11 atom stereocenters. The molecule has 1 aliphatic heterocycles. The lowest BCUT2D eigenvalue weighted by Crippen LogP contribution is -2.73. The highest BCUT2D eigenvalue weighted by Gasteiger charge is 2.90. The zero-order valence-corrected chi connectivity index (χ0v) is 23.4. The van der Waals surface area contributed by atoms with Gasteiger partial charge >= 0.3 is 11.9 Å². The highest BCUT2D eigenvalue weighted by Crippen LogP contribution is 2.82. The Hall–Kier alpha value is -2.19. The Bertz CT molecular complexity index is 1190. The molecule has 1 aromatic heterocycles. The van der Waals surface area contributed by atoms with Gasteiger partial charge in [0, 0.05) is 47.5 Å². The van der Waals surface area contributed by atoms with Gasteiger partial charge in [0.15, 0.2) is 5.78 Å². The van der Waals surface area contributed by atoms with Crippen LogP contribution in [0.3, 0.4) is 0 Å². The number of ether oxygens (including phenoxy) is 3. The zero-order valence-electron chi connectivity index (χ0n) is 23.4. The summed E-state index contributed by atoms with van der Waals surface area (Å²) in [5.41, 5.74) is -2.19. The molecule has 0 amide bonds. The molecule has 2 unspecified atom stereocenters. The van der Waals surface area contributed by atoms with Gasteiger partial charge in [-0.2, -0.15) is 0 Å². The Kier molecular flexibility index (Phi) is 5.29. The van der Waals surface area contributed by atoms with E-state index in [-0.39, 0.29) is 35.5 Å². The second-order valence-corrected chi connectivity index (χ2v) is 13.8. The first-order valence-electron chi connectivity index (χ1n) is 13.9. The molecule has 0 radical (unpaired) electrons. The molecule has 8 nitrogen and oxygen atoms in total. The summed E-state index contributed by atoms with van der Waals surface area (Å²) < 4.78 is 23.7. The molecule has 1 aromatic rings. The quantitative estimate of drug-likeness (QED) is 0.459. The van der Waals surface area contributed by atoms with Gasteiger partial charge in [-0.3, -0.25) is 14.4 Å². The Balaban J connectivity index is 1.48. The van der Waals surface area contributed by atoms with Crippen LogP contribution in [-0.2, 0) is 28.6 Å². The molecule has 6 rings (SSSR count). The van der Waals surface area contributed by atoms with Crippen molar-refractivity contribution in [2.24, 2.45) is 33.5 Å². The van der Waals surface area contributed by atoms with Gasteiger partial charge in [-0.25, -0.2) is 0 Å². The van der Waals surface area contributed by atoms with E-state index in [4.69, 9.17) is 18.6 Å². The molecule has 5 aliphatic rings. The summed E-state index contributed by atoms with van der Waals surface area (Å²) in [5.74, 6) is -1.21. The fourth-order valence-electron chi connectivity index (χ4n) is 10.6. The number of aliphatic hydroxyl groups excluding tert-OH is 1. The van der Waals surface area contributed by atoms with Crippen molar-refractivity contribution in [3.05, 3.63) is 24.2 Å². The van der Waals surface area contributed by atoms with Gasteiger partial charge in [-0.05, 0) is 37.2 Å². The van der Waals surface area contributed by atoms with Crippen molar-refractivity contribution in [1.29, 1.82) is 0 Å². The normalized spacial score (nSPS) is 50.2. The van der Waals surface area contributed by atoms with E-state index in [1.165, 1.54) is 13.8 Å². The molecule has 2 heterocycles. The molecule has 0 bridgehead atoms. The van der Waals surface area contributed by atoms with Crippen LogP contribution in [-0.4, -0.2) is 52.8 Å². The summed E-state index contributed by atoms with van der Waals surface area (Å²) in [6.07, 6.45) is 3.30. The maximum absolute atomic E-state index is 13.8. The minimum Gasteiger partial charge on any atom is -0.472 e. The van der Waals surface area contributed by atoms with Crippen LogP contribution in [0.4, 0.5) is 0 Å². The van der Waals surface area contributed by atoms with Gasteiger partial charge in [0.25, 0.3) is 0 Å². The summed E-state index contributed by atoms with van der Waals surface area (Å²) in [7, 11) is 0. The second-order valence-electron chi connectivity index (χ2n) is 13.8. The highest BCUT2D eigenvalue weighted by molar-refractivity contribution is 5.98. The van der Waals surface area contributed by atoms with Crippen LogP contribution in [0.1, 0.15) is 85.6 Å². The number of aliphatic hydroxyl groups is 1. The first kappa shape index (κ1) is 26.1. The molecule has 0 aromatic carbocycles. The number of furan rings is 1. The standard InChI is InChI=1S/C30H40O8/c1-15(31)36-21-13-22(37-16(2)32)28(6)18-8-10-27(5)23(17-9-11-35-14-17)24(34)25-30(27,38-25)29(18,7)20(33)12-19(28)26(21,3)4/h9,11,14,18-23,25,33H,8,10,12-13H2,1-7H3/t18-,19+,20-,21-,22+,23-,25+,27+,28-,29?,30?/m1/s1. The Morgan fingerprint density at radius 2 is 1.66 bits per heavy atom. The maximum Gasteiger partial charge on any atom is 0.302 e. The molecule has 5 fully saturated rings. The molecule has 38 heavy (non-hydrogen) atoms. The van der Waals surface area contributed by atoms with Crippen LogP contribution in [0, 0.1) is 33.5 Å². The zero-order chi connectivity index (χ0) is 27.6. The van der Waals surface area contributed by atoms with Crippen molar-refractivity contribution >= 4 is 17.7 Å². The third-order valence-corrected chi connectivity index (χ3v) is 12.1. The van der Waals surface area contributed by atoms with Gasteiger partial charge < -0.3 is 23.7 Å². The van der Waals surface area contributed by atoms with Crippen molar-refractivity contribution in [2.75, 3.05) is 0 Å². The van der Waals surface area contributed by atoms with Gasteiger partial charge in [0.05, 0.1) is 24.5 Å². The van der Waals surface area contributed by atoms with Crippen LogP contribution in [0.25, 0.3) is 0 Å². The van der Waals surface area contributed by atoms with Crippen LogP contribution in [0.5, 0.6) is 0 Å². The fraction of sp³-hybridized carbons (Fsp3) is 0.767. The summed E-state index contributed by atoms with van der Waals surface area (Å²) >= 11 is 0. The largest absolute Gasteiger partial charge is 0.472 e. The Labute approximate surface area is 223 Å². The molecule has 1 spiro atoms. The van der Waals surface area contributed by atoms with Crippen LogP contribution >= 0.6 is 0 Å². The lowest BCUT2D eigenvalue weighted by atomic mass is 9.35. The maximum atomic E-state index is 13.8. The molecular formula is C30H40O8. The molecular weight excluding hydrogens is 488 g/mol.